The van der Waals surface area contributed by atoms with Crippen LogP contribution in [0, 0.1) is 5.92 Å². The standard InChI is InChI=1S/C13H15BrF3NO2S/c14-8-10-4-3-7-18(9-10)11-5-1-2-6-12(11)21(19,20)13(15,16)17/h1-2,5-6,10H,3-4,7-9H2. The highest BCUT2D eigenvalue weighted by atomic mass is 79.9. The van der Waals surface area contributed by atoms with Gasteiger partial charge in [0.2, 0.25) is 0 Å². The fraction of sp³-hybridized carbons (Fsp3) is 0.538. The smallest absolute Gasteiger partial charge is 0.370 e. The van der Waals surface area contributed by atoms with Gasteiger partial charge < -0.3 is 4.90 Å². The van der Waals surface area contributed by atoms with Gasteiger partial charge in [0, 0.05) is 18.4 Å². The van der Waals surface area contributed by atoms with Crippen molar-refractivity contribution in [1.29, 1.82) is 0 Å². The van der Waals surface area contributed by atoms with Crippen molar-refractivity contribution < 1.29 is 21.6 Å². The van der Waals surface area contributed by atoms with E-state index in [1.54, 1.807) is 11.0 Å². The summed E-state index contributed by atoms with van der Waals surface area (Å²) >= 11 is 3.38. The van der Waals surface area contributed by atoms with Crippen LogP contribution in [0.5, 0.6) is 0 Å². The number of hydrogen-bond acceptors (Lipinski definition) is 3. The van der Waals surface area contributed by atoms with E-state index in [1.165, 1.54) is 12.1 Å². The lowest BCUT2D eigenvalue weighted by atomic mass is 10.00. The zero-order valence-electron chi connectivity index (χ0n) is 11.1. The number of piperidine rings is 1. The molecule has 8 heteroatoms. The maximum Gasteiger partial charge on any atom is 0.501 e. The zero-order valence-corrected chi connectivity index (χ0v) is 13.5. The van der Waals surface area contributed by atoms with E-state index in [0.717, 1.165) is 24.2 Å². The Morgan fingerprint density at radius 3 is 2.57 bits per heavy atom. The molecule has 1 unspecified atom stereocenters. The number of rotatable bonds is 3. The summed E-state index contributed by atoms with van der Waals surface area (Å²) in [6, 6.07) is 5.33. The highest BCUT2D eigenvalue weighted by Crippen LogP contribution is 2.37. The number of nitrogens with zero attached hydrogens (tertiary/aromatic N) is 1. The largest absolute Gasteiger partial charge is 0.501 e. The Hall–Kier alpha value is -0.760. The summed E-state index contributed by atoms with van der Waals surface area (Å²) in [6.07, 6.45) is 1.81. The number of para-hydroxylation sites is 1. The number of hydrogen-bond donors (Lipinski definition) is 0. The molecule has 1 heterocycles. The van der Waals surface area contributed by atoms with Crippen molar-refractivity contribution in [2.45, 2.75) is 23.2 Å². The minimum atomic E-state index is -5.33. The van der Waals surface area contributed by atoms with Gasteiger partial charge in [-0.2, -0.15) is 13.2 Å². The average molecular weight is 386 g/mol. The van der Waals surface area contributed by atoms with E-state index in [9.17, 15) is 21.6 Å². The molecule has 118 valence electrons. The Kier molecular flexibility index (Phi) is 4.87. The third kappa shape index (κ3) is 3.36. The van der Waals surface area contributed by atoms with Crippen molar-refractivity contribution in [3.8, 4) is 0 Å². The average Bonchev–Trinajstić information content (AvgIpc) is 2.46. The summed E-state index contributed by atoms with van der Waals surface area (Å²) in [4.78, 5) is 1.07. The molecule has 0 N–H and O–H groups in total. The molecule has 1 aliphatic rings. The summed E-state index contributed by atoms with van der Waals surface area (Å²) in [5.41, 5.74) is -5.14. The van der Waals surface area contributed by atoms with Crippen molar-refractivity contribution in [2.24, 2.45) is 5.92 Å². The van der Waals surface area contributed by atoms with Gasteiger partial charge in [-0.15, -0.1) is 0 Å². The maximum atomic E-state index is 12.8. The van der Waals surface area contributed by atoms with Gasteiger partial charge in [-0.3, -0.25) is 0 Å². The molecule has 1 aliphatic heterocycles. The van der Waals surface area contributed by atoms with E-state index in [2.05, 4.69) is 15.9 Å². The fourth-order valence-electron chi connectivity index (χ4n) is 2.48. The van der Waals surface area contributed by atoms with Crippen LogP contribution in [0.25, 0.3) is 0 Å². The molecule has 1 aromatic rings. The molecule has 0 aromatic heterocycles. The zero-order chi connectivity index (χ0) is 15.7. The topological polar surface area (TPSA) is 37.4 Å². The Bertz CT molecular complexity index is 604. The number of halogens is 4. The first kappa shape index (κ1) is 16.6. The molecule has 1 aromatic carbocycles. The fourth-order valence-corrected chi connectivity index (χ4v) is 3.99. The molecule has 0 aliphatic carbocycles. The minimum Gasteiger partial charge on any atom is -0.370 e. The van der Waals surface area contributed by atoms with Gasteiger partial charge in [-0.25, -0.2) is 8.42 Å². The van der Waals surface area contributed by atoms with Crippen LogP contribution in [0.1, 0.15) is 12.8 Å². The highest BCUT2D eigenvalue weighted by Gasteiger charge is 2.48. The molecule has 1 fully saturated rings. The molecule has 0 spiro atoms. The van der Waals surface area contributed by atoms with Crippen molar-refractivity contribution >= 4 is 31.5 Å². The Balaban J connectivity index is 2.43. The van der Waals surface area contributed by atoms with Gasteiger partial charge in [-0.05, 0) is 30.9 Å². The van der Waals surface area contributed by atoms with Gasteiger partial charge in [0.15, 0.2) is 0 Å². The normalized spacial score (nSPS) is 20.6. The summed E-state index contributed by atoms with van der Waals surface area (Å²) in [5, 5.41) is 0.748. The number of sulfone groups is 1. The summed E-state index contributed by atoms with van der Waals surface area (Å²) < 4.78 is 61.8. The Labute approximate surface area is 130 Å². The second kappa shape index (κ2) is 6.16. The van der Waals surface area contributed by atoms with Crippen molar-refractivity contribution in [2.75, 3.05) is 23.3 Å². The van der Waals surface area contributed by atoms with Crippen LogP contribution in [0.2, 0.25) is 0 Å². The Morgan fingerprint density at radius 1 is 1.29 bits per heavy atom. The minimum absolute atomic E-state index is 0.139. The molecule has 1 atom stereocenters. The van der Waals surface area contributed by atoms with E-state index in [0.29, 0.717) is 19.0 Å². The SMILES string of the molecule is O=S(=O)(c1ccccc1N1CCCC(CBr)C1)C(F)(F)F. The van der Waals surface area contributed by atoms with Crippen molar-refractivity contribution in [1.82, 2.24) is 0 Å². The lowest BCUT2D eigenvalue weighted by Crippen LogP contribution is -2.37. The first-order chi connectivity index (χ1) is 9.77. The molecule has 0 saturated carbocycles. The second-order valence-corrected chi connectivity index (χ2v) is 7.58. The van der Waals surface area contributed by atoms with Crippen LogP contribution in [-0.2, 0) is 9.84 Å². The molecular weight excluding hydrogens is 371 g/mol. The first-order valence-corrected chi connectivity index (χ1v) is 9.09. The van der Waals surface area contributed by atoms with Crippen LogP contribution in [0.4, 0.5) is 18.9 Å². The summed E-state index contributed by atoms with van der Waals surface area (Å²) in [5.74, 6) is 0.306. The number of anilines is 1. The number of benzene rings is 1. The highest BCUT2D eigenvalue weighted by molar-refractivity contribution is 9.09. The van der Waals surface area contributed by atoms with Gasteiger partial charge in [0.1, 0.15) is 0 Å². The van der Waals surface area contributed by atoms with E-state index in [1.807, 2.05) is 0 Å². The Morgan fingerprint density at radius 2 is 1.95 bits per heavy atom. The quantitative estimate of drug-likeness (QED) is 0.746. The third-order valence-electron chi connectivity index (χ3n) is 3.54. The van der Waals surface area contributed by atoms with E-state index in [-0.39, 0.29) is 5.69 Å². The van der Waals surface area contributed by atoms with Crippen LogP contribution in [0.15, 0.2) is 29.2 Å². The van der Waals surface area contributed by atoms with Crippen molar-refractivity contribution in [3.05, 3.63) is 24.3 Å². The molecule has 2 rings (SSSR count). The molecule has 0 radical (unpaired) electrons. The van der Waals surface area contributed by atoms with Crippen molar-refractivity contribution in [3.63, 3.8) is 0 Å². The summed E-state index contributed by atoms with van der Waals surface area (Å²) in [7, 11) is -5.33. The molecule has 0 amide bonds. The van der Waals surface area contributed by atoms with Gasteiger partial charge in [0.25, 0.3) is 9.84 Å². The van der Waals surface area contributed by atoms with E-state index < -0.39 is 20.2 Å². The van der Waals surface area contributed by atoms with Crippen LogP contribution in [-0.4, -0.2) is 32.3 Å². The molecule has 21 heavy (non-hydrogen) atoms. The maximum absolute atomic E-state index is 12.8. The van der Waals surface area contributed by atoms with Crippen LogP contribution in [0.3, 0.4) is 0 Å². The van der Waals surface area contributed by atoms with E-state index >= 15 is 0 Å². The lowest BCUT2D eigenvalue weighted by Gasteiger charge is -2.34. The summed E-state index contributed by atoms with van der Waals surface area (Å²) in [6.45, 7) is 1.11. The predicted octanol–water partition coefficient (Wildman–Crippen LogP) is 3.59. The predicted molar refractivity (Wildman–Crippen MR) is 78.4 cm³/mol. The van der Waals surface area contributed by atoms with Gasteiger partial charge in [0.05, 0.1) is 10.6 Å². The monoisotopic (exact) mass is 385 g/mol. The first-order valence-electron chi connectivity index (χ1n) is 6.48. The molecule has 3 nitrogen and oxygen atoms in total. The van der Waals surface area contributed by atoms with E-state index in [4.69, 9.17) is 0 Å². The van der Waals surface area contributed by atoms with Gasteiger partial charge >= 0.3 is 5.51 Å². The van der Waals surface area contributed by atoms with Crippen LogP contribution >= 0.6 is 15.9 Å². The van der Waals surface area contributed by atoms with Gasteiger partial charge in [-0.1, -0.05) is 28.1 Å². The third-order valence-corrected chi connectivity index (χ3v) is 5.99. The second-order valence-electron chi connectivity index (χ2n) is 5.03. The molecular formula is C13H15BrF3NO2S. The molecule has 1 saturated heterocycles. The molecule has 0 bridgehead atoms. The lowest BCUT2D eigenvalue weighted by molar-refractivity contribution is -0.0435. The number of alkyl halides is 4. The van der Waals surface area contributed by atoms with Crippen LogP contribution < -0.4 is 4.90 Å².